The van der Waals surface area contributed by atoms with Crippen LogP contribution in [0.5, 0.6) is 0 Å². The first kappa shape index (κ1) is 11.8. The second kappa shape index (κ2) is 4.28. The van der Waals surface area contributed by atoms with Gasteiger partial charge in [0.1, 0.15) is 0 Å². The van der Waals surface area contributed by atoms with Crippen LogP contribution in [0.3, 0.4) is 0 Å². The van der Waals surface area contributed by atoms with Crippen molar-refractivity contribution in [3.8, 4) is 11.1 Å². The third kappa shape index (κ3) is 1.74. The van der Waals surface area contributed by atoms with E-state index in [9.17, 15) is 4.79 Å². The molecule has 3 heterocycles. The number of aromatic amines is 1. The Kier molecular flexibility index (Phi) is 2.41. The number of aryl methyl sites for hydroxylation is 1. The number of hydrogen-bond acceptors (Lipinski definition) is 3. The summed E-state index contributed by atoms with van der Waals surface area (Å²) >= 11 is 0. The van der Waals surface area contributed by atoms with Gasteiger partial charge in [-0.3, -0.25) is 14.5 Å². The van der Waals surface area contributed by atoms with E-state index >= 15 is 0 Å². The van der Waals surface area contributed by atoms with Crippen LogP contribution in [0.25, 0.3) is 33.1 Å². The fourth-order valence-corrected chi connectivity index (χ4v) is 2.58. The molecule has 0 bridgehead atoms. The van der Waals surface area contributed by atoms with E-state index in [4.69, 9.17) is 0 Å². The van der Waals surface area contributed by atoms with Gasteiger partial charge in [0.15, 0.2) is 0 Å². The molecule has 0 fully saturated rings. The maximum atomic E-state index is 11.8. The highest BCUT2D eigenvalue weighted by Gasteiger charge is 2.09. The maximum absolute atomic E-state index is 11.8. The normalized spacial score (nSPS) is 11.3. The molecule has 0 atom stereocenters. The average molecular weight is 276 g/mol. The van der Waals surface area contributed by atoms with Gasteiger partial charge in [-0.2, -0.15) is 0 Å². The molecule has 5 heteroatoms. The summed E-state index contributed by atoms with van der Waals surface area (Å²) in [6.45, 7) is 0. The zero-order valence-electron chi connectivity index (χ0n) is 11.4. The third-order valence-corrected chi connectivity index (χ3v) is 3.74. The van der Waals surface area contributed by atoms with Crippen molar-refractivity contribution in [1.82, 2.24) is 19.5 Å². The van der Waals surface area contributed by atoms with E-state index in [1.54, 1.807) is 24.0 Å². The molecule has 0 radical (unpaired) electrons. The average Bonchev–Trinajstić information content (AvgIpc) is 2.83. The number of hydrogen-bond donors (Lipinski definition) is 1. The lowest BCUT2D eigenvalue weighted by Gasteiger charge is -2.04. The molecule has 5 nitrogen and oxygen atoms in total. The predicted octanol–water partition coefficient (Wildman–Crippen LogP) is 2.48. The minimum absolute atomic E-state index is 0.133. The van der Waals surface area contributed by atoms with Crippen molar-refractivity contribution in [3.63, 3.8) is 0 Å². The largest absolute Gasteiger partial charge is 0.326 e. The van der Waals surface area contributed by atoms with Gasteiger partial charge < -0.3 is 4.98 Å². The molecule has 0 saturated carbocycles. The van der Waals surface area contributed by atoms with E-state index in [2.05, 4.69) is 15.0 Å². The van der Waals surface area contributed by atoms with Crippen LogP contribution in [0.1, 0.15) is 0 Å². The summed E-state index contributed by atoms with van der Waals surface area (Å²) in [5, 5.41) is 0.937. The quantitative estimate of drug-likeness (QED) is 0.581. The van der Waals surface area contributed by atoms with Gasteiger partial charge in [-0.05, 0) is 23.8 Å². The number of aromatic nitrogens is 4. The van der Waals surface area contributed by atoms with Gasteiger partial charge in [0, 0.05) is 30.4 Å². The molecule has 0 aliphatic heterocycles. The fourth-order valence-electron chi connectivity index (χ4n) is 2.58. The van der Waals surface area contributed by atoms with Crippen LogP contribution in [0.15, 0.2) is 53.7 Å². The lowest BCUT2D eigenvalue weighted by Crippen LogP contribution is -2.11. The molecule has 102 valence electrons. The molecule has 3 aromatic heterocycles. The SMILES string of the molecule is Cn1c(=O)[nH]c2c3cc(-c4cccnc4)ccc3ncc21. The van der Waals surface area contributed by atoms with E-state index in [1.165, 1.54) is 0 Å². The number of imidazole rings is 1. The maximum Gasteiger partial charge on any atom is 0.326 e. The zero-order valence-corrected chi connectivity index (χ0v) is 11.4. The lowest BCUT2D eigenvalue weighted by atomic mass is 10.0. The molecule has 0 spiro atoms. The van der Waals surface area contributed by atoms with Crippen LogP contribution >= 0.6 is 0 Å². The Hall–Kier alpha value is -2.95. The Labute approximate surface area is 119 Å². The predicted molar refractivity (Wildman–Crippen MR) is 82.1 cm³/mol. The van der Waals surface area contributed by atoms with E-state index in [-0.39, 0.29) is 5.69 Å². The molecule has 4 rings (SSSR count). The van der Waals surface area contributed by atoms with Crippen molar-refractivity contribution in [3.05, 3.63) is 59.4 Å². The highest BCUT2D eigenvalue weighted by atomic mass is 16.1. The first-order chi connectivity index (χ1) is 10.2. The Morgan fingerprint density at radius 2 is 2.05 bits per heavy atom. The molecule has 0 unspecified atom stereocenters. The molecule has 0 saturated heterocycles. The molecular formula is C16H12N4O. The van der Waals surface area contributed by atoms with Gasteiger partial charge >= 0.3 is 5.69 Å². The number of pyridine rings is 2. The smallest absolute Gasteiger partial charge is 0.305 e. The van der Waals surface area contributed by atoms with Crippen LogP contribution in [-0.2, 0) is 7.05 Å². The fraction of sp³-hybridized carbons (Fsp3) is 0.0625. The lowest BCUT2D eigenvalue weighted by molar-refractivity contribution is 0.890. The van der Waals surface area contributed by atoms with Crippen molar-refractivity contribution in [2.75, 3.05) is 0 Å². The number of H-pyrrole nitrogens is 1. The summed E-state index contributed by atoms with van der Waals surface area (Å²) in [4.78, 5) is 23.3. The summed E-state index contributed by atoms with van der Waals surface area (Å²) in [6.07, 6.45) is 5.29. The third-order valence-electron chi connectivity index (χ3n) is 3.74. The van der Waals surface area contributed by atoms with E-state index in [1.807, 2.05) is 36.5 Å². The number of nitrogens with one attached hydrogen (secondary N) is 1. The molecule has 21 heavy (non-hydrogen) atoms. The highest BCUT2D eigenvalue weighted by Crippen LogP contribution is 2.26. The molecule has 4 aromatic rings. The van der Waals surface area contributed by atoms with Crippen molar-refractivity contribution < 1.29 is 0 Å². The highest BCUT2D eigenvalue weighted by molar-refractivity contribution is 6.03. The van der Waals surface area contributed by atoms with Crippen molar-refractivity contribution in [2.24, 2.45) is 7.05 Å². The topological polar surface area (TPSA) is 63.6 Å². The Bertz CT molecular complexity index is 1010. The van der Waals surface area contributed by atoms with Crippen LogP contribution in [0.2, 0.25) is 0 Å². The molecule has 0 aliphatic rings. The summed E-state index contributed by atoms with van der Waals surface area (Å²) in [5.41, 5.74) is 4.43. The minimum Gasteiger partial charge on any atom is -0.305 e. The van der Waals surface area contributed by atoms with Crippen molar-refractivity contribution in [2.45, 2.75) is 0 Å². The standard InChI is InChI=1S/C16H12N4O/c1-20-14-9-18-13-5-4-10(11-3-2-6-17-8-11)7-12(13)15(14)19-16(20)21/h2-9H,1H3,(H,19,21). The number of nitrogens with zero attached hydrogens (tertiary/aromatic N) is 3. The Morgan fingerprint density at radius 3 is 2.86 bits per heavy atom. The Balaban J connectivity index is 2.08. The number of fused-ring (bicyclic) bond motifs is 3. The Morgan fingerprint density at radius 1 is 1.14 bits per heavy atom. The first-order valence-corrected chi connectivity index (χ1v) is 6.62. The second-order valence-corrected chi connectivity index (χ2v) is 4.98. The zero-order chi connectivity index (χ0) is 14.4. The summed E-state index contributed by atoms with van der Waals surface area (Å²) in [6, 6.07) is 9.93. The molecular weight excluding hydrogens is 264 g/mol. The van der Waals surface area contributed by atoms with E-state index in [0.29, 0.717) is 0 Å². The van der Waals surface area contributed by atoms with E-state index < -0.39 is 0 Å². The van der Waals surface area contributed by atoms with Gasteiger partial charge in [-0.25, -0.2) is 4.79 Å². The van der Waals surface area contributed by atoms with Crippen LogP contribution in [0, 0.1) is 0 Å². The summed E-state index contributed by atoms with van der Waals surface area (Å²) < 4.78 is 1.57. The first-order valence-electron chi connectivity index (χ1n) is 6.62. The van der Waals surface area contributed by atoms with Gasteiger partial charge in [-0.15, -0.1) is 0 Å². The molecule has 0 aliphatic carbocycles. The van der Waals surface area contributed by atoms with Gasteiger partial charge in [0.2, 0.25) is 0 Å². The van der Waals surface area contributed by atoms with Crippen molar-refractivity contribution >= 4 is 21.9 Å². The monoisotopic (exact) mass is 276 g/mol. The van der Waals surface area contributed by atoms with Crippen LogP contribution in [-0.4, -0.2) is 19.5 Å². The van der Waals surface area contributed by atoms with Gasteiger partial charge in [-0.1, -0.05) is 12.1 Å². The summed E-state index contributed by atoms with van der Waals surface area (Å²) in [7, 11) is 1.74. The van der Waals surface area contributed by atoms with Gasteiger partial charge in [0.25, 0.3) is 0 Å². The second-order valence-electron chi connectivity index (χ2n) is 4.98. The van der Waals surface area contributed by atoms with Gasteiger partial charge in [0.05, 0.1) is 22.7 Å². The van der Waals surface area contributed by atoms with Crippen LogP contribution in [0.4, 0.5) is 0 Å². The molecule has 1 aromatic carbocycles. The number of rotatable bonds is 1. The van der Waals surface area contributed by atoms with E-state index in [0.717, 1.165) is 33.1 Å². The number of benzene rings is 1. The summed E-state index contributed by atoms with van der Waals surface area (Å²) in [5.74, 6) is 0. The minimum atomic E-state index is -0.133. The molecule has 1 N–H and O–H groups in total. The van der Waals surface area contributed by atoms with Crippen LogP contribution < -0.4 is 5.69 Å². The van der Waals surface area contributed by atoms with Crippen molar-refractivity contribution in [1.29, 1.82) is 0 Å². The molecule has 0 amide bonds.